The Kier molecular flexibility index (Phi) is 7.39. The Morgan fingerprint density at radius 1 is 1.24 bits per heavy atom. The summed E-state index contributed by atoms with van der Waals surface area (Å²) in [5, 5.41) is 5.48. The maximum atomic E-state index is 12.9. The second-order valence-electron chi connectivity index (χ2n) is 4.55. The quantitative estimate of drug-likeness (QED) is 0.716. The van der Waals surface area contributed by atoms with Crippen LogP contribution >= 0.6 is 0 Å². The lowest BCUT2D eigenvalue weighted by atomic mass is 10.3. The molecule has 5 nitrogen and oxygen atoms in total. The van der Waals surface area contributed by atoms with Gasteiger partial charge in [-0.1, -0.05) is 6.07 Å². The normalized spacial score (nSPS) is 10.2. The molecule has 0 heterocycles. The Morgan fingerprint density at radius 3 is 2.57 bits per heavy atom. The van der Waals surface area contributed by atoms with E-state index in [0.29, 0.717) is 31.7 Å². The molecule has 1 aromatic carbocycles. The van der Waals surface area contributed by atoms with Crippen molar-refractivity contribution in [1.29, 1.82) is 0 Å². The molecule has 0 atom stereocenters. The fourth-order valence-corrected chi connectivity index (χ4v) is 1.90. The first kappa shape index (κ1) is 17.1. The average molecular weight is 295 g/mol. The van der Waals surface area contributed by atoms with Gasteiger partial charge in [0.15, 0.2) is 0 Å². The molecule has 0 bridgehead atoms. The zero-order valence-corrected chi connectivity index (χ0v) is 12.5. The van der Waals surface area contributed by atoms with E-state index in [9.17, 15) is 14.0 Å². The number of benzene rings is 1. The number of nitrogens with zero attached hydrogens (tertiary/aromatic N) is 1. The first-order valence-corrected chi connectivity index (χ1v) is 7.10. The topological polar surface area (TPSA) is 61.4 Å². The van der Waals surface area contributed by atoms with Crippen LogP contribution in [0.1, 0.15) is 20.3 Å². The Hall–Kier alpha value is -1.95. The van der Waals surface area contributed by atoms with E-state index in [0.717, 1.165) is 0 Å². The highest BCUT2D eigenvalue weighted by molar-refractivity contribution is 5.92. The summed E-state index contributed by atoms with van der Waals surface area (Å²) in [5.74, 6) is -0.598. The molecular weight excluding hydrogens is 273 g/mol. The summed E-state index contributed by atoms with van der Waals surface area (Å²) >= 11 is 0. The molecule has 0 aliphatic heterocycles. The van der Waals surface area contributed by atoms with Crippen LogP contribution in [0, 0.1) is 5.82 Å². The minimum atomic E-state index is -0.398. The van der Waals surface area contributed by atoms with Crippen LogP contribution in [0.15, 0.2) is 24.3 Å². The Bertz CT molecular complexity index is 476. The highest BCUT2D eigenvalue weighted by Crippen LogP contribution is 2.08. The largest absolute Gasteiger partial charge is 0.343 e. The Morgan fingerprint density at radius 2 is 1.95 bits per heavy atom. The van der Waals surface area contributed by atoms with Gasteiger partial charge in [-0.15, -0.1) is 0 Å². The number of anilines is 1. The number of nitrogens with one attached hydrogen (secondary N) is 2. The Labute approximate surface area is 124 Å². The van der Waals surface area contributed by atoms with Crippen molar-refractivity contribution < 1.29 is 14.0 Å². The molecule has 6 heteroatoms. The molecule has 2 amide bonds. The van der Waals surface area contributed by atoms with Gasteiger partial charge in [0, 0.05) is 31.7 Å². The smallest absolute Gasteiger partial charge is 0.238 e. The fourth-order valence-electron chi connectivity index (χ4n) is 1.90. The van der Waals surface area contributed by atoms with Gasteiger partial charge in [-0.05, 0) is 32.0 Å². The van der Waals surface area contributed by atoms with Gasteiger partial charge in [-0.2, -0.15) is 0 Å². The van der Waals surface area contributed by atoms with E-state index in [1.165, 1.54) is 18.2 Å². The number of carbonyl (C=O) groups excluding carboxylic acids is 2. The first-order chi connectivity index (χ1) is 10.1. The van der Waals surface area contributed by atoms with E-state index < -0.39 is 5.82 Å². The van der Waals surface area contributed by atoms with E-state index in [1.807, 2.05) is 13.8 Å². The molecule has 2 N–H and O–H groups in total. The summed E-state index contributed by atoms with van der Waals surface area (Å²) in [4.78, 5) is 25.1. The molecule has 0 aliphatic carbocycles. The van der Waals surface area contributed by atoms with Gasteiger partial charge in [0.05, 0.1) is 6.54 Å². The predicted octanol–water partition coefficient (Wildman–Crippen LogP) is 1.61. The van der Waals surface area contributed by atoms with E-state index in [1.54, 1.807) is 11.0 Å². The molecule has 0 spiro atoms. The van der Waals surface area contributed by atoms with Crippen molar-refractivity contribution in [3.63, 3.8) is 0 Å². The predicted molar refractivity (Wildman–Crippen MR) is 80.4 cm³/mol. The monoisotopic (exact) mass is 295 g/mol. The van der Waals surface area contributed by atoms with Gasteiger partial charge in [-0.3, -0.25) is 9.59 Å². The average Bonchev–Trinajstić information content (AvgIpc) is 2.45. The zero-order valence-electron chi connectivity index (χ0n) is 12.5. The van der Waals surface area contributed by atoms with Crippen LogP contribution in [-0.2, 0) is 9.59 Å². The molecule has 1 aromatic rings. The number of carbonyl (C=O) groups is 2. The van der Waals surface area contributed by atoms with Crippen LogP contribution in [0.25, 0.3) is 0 Å². The van der Waals surface area contributed by atoms with E-state index >= 15 is 0 Å². The van der Waals surface area contributed by atoms with E-state index in [4.69, 9.17) is 0 Å². The van der Waals surface area contributed by atoms with Gasteiger partial charge in [-0.25, -0.2) is 4.39 Å². The first-order valence-electron chi connectivity index (χ1n) is 7.10. The second-order valence-corrected chi connectivity index (χ2v) is 4.55. The van der Waals surface area contributed by atoms with Crippen LogP contribution < -0.4 is 10.6 Å². The number of hydrogen-bond acceptors (Lipinski definition) is 3. The molecule has 0 fully saturated rings. The molecule has 21 heavy (non-hydrogen) atoms. The molecule has 1 rings (SSSR count). The SMILES string of the molecule is CCN(CC)C(=O)CCNCC(=O)Nc1cccc(F)c1. The van der Waals surface area contributed by atoms with Crippen LogP contribution in [0.5, 0.6) is 0 Å². The highest BCUT2D eigenvalue weighted by Gasteiger charge is 2.09. The maximum Gasteiger partial charge on any atom is 0.238 e. The van der Waals surface area contributed by atoms with E-state index in [-0.39, 0.29) is 18.4 Å². The standard InChI is InChI=1S/C15H22FN3O2/c1-3-19(4-2)15(21)8-9-17-11-14(20)18-13-7-5-6-12(16)10-13/h5-7,10,17H,3-4,8-9,11H2,1-2H3,(H,18,20). The summed E-state index contributed by atoms with van der Waals surface area (Å²) in [6.45, 7) is 5.77. The third-order valence-corrected chi connectivity index (χ3v) is 3.03. The van der Waals surface area contributed by atoms with Crippen molar-refractivity contribution in [2.24, 2.45) is 0 Å². The van der Waals surface area contributed by atoms with Crippen LogP contribution in [0.2, 0.25) is 0 Å². The number of hydrogen-bond donors (Lipinski definition) is 2. The third-order valence-electron chi connectivity index (χ3n) is 3.03. The van der Waals surface area contributed by atoms with Crippen molar-refractivity contribution in [1.82, 2.24) is 10.2 Å². The lowest BCUT2D eigenvalue weighted by Crippen LogP contribution is -2.35. The third kappa shape index (κ3) is 6.35. The lowest BCUT2D eigenvalue weighted by molar-refractivity contribution is -0.130. The van der Waals surface area contributed by atoms with Crippen LogP contribution in [-0.4, -0.2) is 42.9 Å². The summed E-state index contributed by atoms with van der Waals surface area (Å²) in [6, 6.07) is 5.71. The van der Waals surface area contributed by atoms with Gasteiger partial charge >= 0.3 is 0 Å². The molecule has 0 radical (unpaired) electrons. The number of amides is 2. The fraction of sp³-hybridized carbons (Fsp3) is 0.467. The van der Waals surface area contributed by atoms with Gasteiger partial charge in [0.1, 0.15) is 5.82 Å². The lowest BCUT2D eigenvalue weighted by Gasteiger charge is -2.18. The molecular formula is C15H22FN3O2. The molecule has 0 saturated heterocycles. The number of halogens is 1. The summed E-state index contributed by atoms with van der Waals surface area (Å²) < 4.78 is 12.9. The van der Waals surface area contributed by atoms with Gasteiger partial charge < -0.3 is 15.5 Å². The van der Waals surface area contributed by atoms with E-state index in [2.05, 4.69) is 10.6 Å². The van der Waals surface area contributed by atoms with Crippen LogP contribution in [0.3, 0.4) is 0 Å². The maximum absolute atomic E-state index is 12.9. The minimum absolute atomic E-state index is 0.0676. The van der Waals surface area contributed by atoms with Crippen LogP contribution in [0.4, 0.5) is 10.1 Å². The van der Waals surface area contributed by atoms with Crippen molar-refractivity contribution in [3.05, 3.63) is 30.1 Å². The number of rotatable bonds is 8. The zero-order chi connectivity index (χ0) is 15.7. The van der Waals surface area contributed by atoms with Crippen molar-refractivity contribution >= 4 is 17.5 Å². The summed E-state index contributed by atoms with van der Waals surface area (Å²) in [7, 11) is 0. The Balaban J connectivity index is 2.23. The minimum Gasteiger partial charge on any atom is -0.343 e. The second kappa shape index (κ2) is 9.07. The van der Waals surface area contributed by atoms with Gasteiger partial charge in [0.2, 0.25) is 11.8 Å². The van der Waals surface area contributed by atoms with Crippen molar-refractivity contribution in [2.75, 3.05) is 31.5 Å². The highest BCUT2D eigenvalue weighted by atomic mass is 19.1. The molecule has 0 unspecified atom stereocenters. The molecule has 0 aromatic heterocycles. The molecule has 116 valence electrons. The van der Waals surface area contributed by atoms with Crippen molar-refractivity contribution in [3.8, 4) is 0 Å². The summed E-state index contributed by atoms with van der Waals surface area (Å²) in [6.07, 6.45) is 0.356. The molecule has 0 saturated carbocycles. The van der Waals surface area contributed by atoms with Crippen molar-refractivity contribution in [2.45, 2.75) is 20.3 Å². The van der Waals surface area contributed by atoms with Gasteiger partial charge in [0.25, 0.3) is 0 Å². The summed E-state index contributed by atoms with van der Waals surface area (Å²) in [5.41, 5.74) is 0.418. The molecule has 0 aliphatic rings.